The van der Waals surface area contributed by atoms with E-state index in [4.69, 9.17) is 25.2 Å². The minimum atomic E-state index is 0.0144. The lowest BCUT2D eigenvalue weighted by atomic mass is 10.2. The Morgan fingerprint density at radius 1 is 0.765 bits per heavy atom. The van der Waals surface area contributed by atoms with E-state index in [2.05, 4.69) is 0 Å². The summed E-state index contributed by atoms with van der Waals surface area (Å²) < 4.78 is 5.10. The average Bonchev–Trinajstić information content (AvgIpc) is 3.11. The third-order valence-corrected chi connectivity index (χ3v) is 2.14. The van der Waals surface area contributed by atoms with Crippen LogP contribution in [0.2, 0.25) is 0 Å². The van der Waals surface area contributed by atoms with Crippen LogP contribution in [-0.4, -0.2) is 59.1 Å². The van der Waals surface area contributed by atoms with Crippen molar-refractivity contribution in [1.82, 2.24) is 0 Å². The molecule has 1 aliphatic heterocycles. The van der Waals surface area contributed by atoms with Crippen LogP contribution in [0.1, 0.15) is 12.8 Å². The number of ether oxygens (including phenoxy) is 1. The van der Waals surface area contributed by atoms with E-state index in [1.54, 1.807) is 6.08 Å². The molecule has 0 aromatic heterocycles. The van der Waals surface area contributed by atoms with Crippen LogP contribution in [0.5, 0.6) is 0 Å². The van der Waals surface area contributed by atoms with Gasteiger partial charge in [-0.05, 0) is 12.8 Å². The Bertz CT molecular complexity index is 209. The number of allylic oxidation sites excluding steroid dienone is 1. The Morgan fingerprint density at radius 2 is 1.29 bits per heavy atom. The van der Waals surface area contributed by atoms with Crippen LogP contribution in [0.4, 0.5) is 0 Å². The molecule has 1 aliphatic rings. The van der Waals surface area contributed by atoms with Crippen LogP contribution in [0.3, 0.4) is 0 Å². The summed E-state index contributed by atoms with van der Waals surface area (Å²) in [5.41, 5.74) is 0. The minimum Gasteiger partial charge on any atom is -0.394 e. The van der Waals surface area contributed by atoms with Gasteiger partial charge >= 0.3 is 0 Å². The fourth-order valence-corrected chi connectivity index (χ4v) is 1.20. The average molecular weight is 246 g/mol. The van der Waals surface area contributed by atoms with Crippen molar-refractivity contribution in [2.24, 2.45) is 0 Å². The maximum atomic E-state index is 8.60. The second kappa shape index (κ2) is 11.8. The summed E-state index contributed by atoms with van der Waals surface area (Å²) in [6.45, 7) is 0.268. The van der Waals surface area contributed by atoms with E-state index in [-0.39, 0.29) is 38.6 Å². The number of aliphatic hydroxyl groups excluding tert-OH is 4. The quantitative estimate of drug-likeness (QED) is 0.362. The van der Waals surface area contributed by atoms with Gasteiger partial charge in [-0.3, -0.25) is 0 Å². The fraction of sp³-hybridized carbons (Fsp3) is 0.667. The molecule has 0 aromatic carbocycles. The van der Waals surface area contributed by atoms with Gasteiger partial charge < -0.3 is 25.2 Å². The molecule has 17 heavy (non-hydrogen) atoms. The van der Waals surface area contributed by atoms with Gasteiger partial charge in [0, 0.05) is 0 Å². The monoisotopic (exact) mass is 246 g/mol. The lowest BCUT2D eigenvalue weighted by Gasteiger charge is -1.87. The molecule has 100 valence electrons. The van der Waals surface area contributed by atoms with Gasteiger partial charge in [0.25, 0.3) is 0 Å². The molecule has 1 heterocycles. The van der Waals surface area contributed by atoms with E-state index < -0.39 is 0 Å². The Kier molecular flexibility index (Phi) is 11.3. The Hall–Kier alpha value is -0.720. The number of hydrogen-bond donors (Lipinski definition) is 4. The van der Waals surface area contributed by atoms with Crippen molar-refractivity contribution in [1.29, 1.82) is 0 Å². The van der Waals surface area contributed by atoms with Gasteiger partial charge in [0.1, 0.15) is 6.10 Å². The van der Waals surface area contributed by atoms with E-state index >= 15 is 0 Å². The Balaban J connectivity index is 0.000000366. The molecule has 0 radical (unpaired) electrons. The molecular weight excluding hydrogens is 224 g/mol. The van der Waals surface area contributed by atoms with Crippen LogP contribution in [0.25, 0.3) is 0 Å². The summed E-state index contributed by atoms with van der Waals surface area (Å²) in [7, 11) is 0. The SMILES string of the molecule is OC/C=C/CCC1OC1CO.OC/C=C/CO. The second-order valence-corrected chi connectivity index (χ2v) is 3.46. The normalized spacial score (nSPS) is 22.8. The van der Waals surface area contributed by atoms with Gasteiger partial charge in [-0.15, -0.1) is 0 Å². The largest absolute Gasteiger partial charge is 0.394 e. The van der Waals surface area contributed by atoms with E-state index in [9.17, 15) is 0 Å². The van der Waals surface area contributed by atoms with Crippen molar-refractivity contribution < 1.29 is 25.2 Å². The number of aliphatic hydroxyl groups is 4. The first kappa shape index (κ1) is 16.3. The predicted molar refractivity (Wildman–Crippen MR) is 64.5 cm³/mol. The molecule has 2 atom stereocenters. The highest BCUT2D eigenvalue weighted by Gasteiger charge is 2.36. The van der Waals surface area contributed by atoms with Crippen LogP contribution < -0.4 is 0 Å². The van der Waals surface area contributed by atoms with Crippen LogP contribution >= 0.6 is 0 Å². The lowest BCUT2D eigenvalue weighted by molar-refractivity contribution is 0.241. The maximum Gasteiger partial charge on any atom is 0.107 e. The summed E-state index contributed by atoms with van der Waals surface area (Å²) >= 11 is 0. The van der Waals surface area contributed by atoms with Crippen molar-refractivity contribution in [2.45, 2.75) is 25.0 Å². The maximum absolute atomic E-state index is 8.60. The first-order valence-corrected chi connectivity index (χ1v) is 5.69. The number of rotatable bonds is 7. The minimum absolute atomic E-state index is 0.0144. The topological polar surface area (TPSA) is 93.5 Å². The third-order valence-electron chi connectivity index (χ3n) is 2.14. The van der Waals surface area contributed by atoms with Gasteiger partial charge in [-0.25, -0.2) is 0 Å². The molecule has 0 aromatic rings. The van der Waals surface area contributed by atoms with Crippen LogP contribution in [0, 0.1) is 0 Å². The molecular formula is C12H22O5. The van der Waals surface area contributed by atoms with E-state index in [1.165, 1.54) is 12.2 Å². The van der Waals surface area contributed by atoms with Crippen molar-refractivity contribution in [3.8, 4) is 0 Å². The molecule has 0 saturated carbocycles. The van der Waals surface area contributed by atoms with E-state index in [0.29, 0.717) is 0 Å². The van der Waals surface area contributed by atoms with Crippen molar-refractivity contribution in [3.05, 3.63) is 24.3 Å². The zero-order chi connectivity index (χ0) is 12.9. The molecule has 5 nitrogen and oxygen atoms in total. The molecule has 1 fully saturated rings. The van der Waals surface area contributed by atoms with E-state index in [1.807, 2.05) is 6.08 Å². The molecule has 1 saturated heterocycles. The summed E-state index contributed by atoms with van der Waals surface area (Å²) in [4.78, 5) is 0. The highest BCUT2D eigenvalue weighted by atomic mass is 16.6. The molecule has 4 N–H and O–H groups in total. The summed E-state index contributed by atoms with van der Waals surface area (Å²) in [6.07, 6.45) is 8.82. The molecule has 0 amide bonds. The highest BCUT2D eigenvalue weighted by molar-refractivity contribution is 4.88. The fourth-order valence-electron chi connectivity index (χ4n) is 1.20. The summed E-state index contributed by atoms with van der Waals surface area (Å²) in [5.74, 6) is 0. The highest BCUT2D eigenvalue weighted by Crippen LogP contribution is 2.25. The predicted octanol–water partition coefficient (Wildman–Crippen LogP) is -0.398. The summed E-state index contributed by atoms with van der Waals surface area (Å²) in [5, 5.41) is 33.0. The number of hydrogen-bond acceptors (Lipinski definition) is 5. The molecule has 2 unspecified atom stereocenters. The Labute approximate surface area is 102 Å². The van der Waals surface area contributed by atoms with Crippen molar-refractivity contribution >= 4 is 0 Å². The van der Waals surface area contributed by atoms with Gasteiger partial charge in [-0.1, -0.05) is 24.3 Å². The first-order chi connectivity index (χ1) is 8.29. The van der Waals surface area contributed by atoms with Crippen LogP contribution in [-0.2, 0) is 4.74 Å². The lowest BCUT2D eigenvalue weighted by Crippen LogP contribution is -1.98. The molecule has 0 bridgehead atoms. The number of epoxide rings is 1. The molecule has 0 spiro atoms. The smallest absolute Gasteiger partial charge is 0.107 e. The second-order valence-electron chi connectivity index (χ2n) is 3.46. The van der Waals surface area contributed by atoms with Gasteiger partial charge in [0.2, 0.25) is 0 Å². The van der Waals surface area contributed by atoms with Gasteiger partial charge in [0.15, 0.2) is 0 Å². The van der Waals surface area contributed by atoms with Crippen LogP contribution in [0.15, 0.2) is 24.3 Å². The zero-order valence-electron chi connectivity index (χ0n) is 9.90. The van der Waals surface area contributed by atoms with Crippen molar-refractivity contribution in [3.63, 3.8) is 0 Å². The molecule has 5 heteroatoms. The molecule has 0 aliphatic carbocycles. The van der Waals surface area contributed by atoms with E-state index in [0.717, 1.165) is 12.8 Å². The van der Waals surface area contributed by atoms with Gasteiger partial charge in [-0.2, -0.15) is 0 Å². The Morgan fingerprint density at radius 3 is 1.71 bits per heavy atom. The standard InChI is InChI=1S/C8H14O3.C4H8O2/c9-5-3-1-2-4-7-8(6-10)11-7;5-3-1-2-4-6/h1,3,7-10H,2,4-6H2;1-2,5-6H,3-4H2/b3-1+;2-1+. The summed E-state index contributed by atoms with van der Waals surface area (Å²) in [6, 6.07) is 0. The zero-order valence-corrected chi connectivity index (χ0v) is 9.90. The third kappa shape index (κ3) is 10.2. The van der Waals surface area contributed by atoms with Crippen molar-refractivity contribution in [2.75, 3.05) is 26.4 Å². The first-order valence-electron chi connectivity index (χ1n) is 5.69. The van der Waals surface area contributed by atoms with Gasteiger partial charge in [0.05, 0.1) is 32.5 Å². The molecule has 1 rings (SSSR count).